The molecule has 0 atom stereocenters. The molecule has 0 saturated heterocycles. The van der Waals surface area contributed by atoms with E-state index in [-0.39, 0.29) is 18.6 Å². The van der Waals surface area contributed by atoms with Crippen molar-refractivity contribution in [1.82, 2.24) is 0 Å². The number of benzene rings is 1. The SMILES string of the molecule is [O]CCCCCc1c([N+](=O)[O-])cc([N+](=O)[O-])cc1[N+](=O)[O-]. The first-order valence-electron chi connectivity index (χ1n) is 6.06. The first-order valence-corrected chi connectivity index (χ1v) is 6.06. The number of nitro benzene ring substituents is 3. The van der Waals surface area contributed by atoms with Crippen LogP contribution in [0.5, 0.6) is 0 Å². The van der Waals surface area contributed by atoms with E-state index in [0.29, 0.717) is 19.3 Å². The average molecular weight is 298 g/mol. The summed E-state index contributed by atoms with van der Waals surface area (Å²) in [5.74, 6) is 0. The second kappa shape index (κ2) is 7.24. The summed E-state index contributed by atoms with van der Waals surface area (Å²) in [4.78, 5) is 30.0. The molecule has 0 aromatic heterocycles. The van der Waals surface area contributed by atoms with Gasteiger partial charge >= 0.3 is 0 Å². The lowest BCUT2D eigenvalue weighted by atomic mass is 10.0. The van der Waals surface area contributed by atoms with Gasteiger partial charge in [0.1, 0.15) is 5.56 Å². The molecule has 0 aliphatic heterocycles. The Labute approximate surface area is 118 Å². The number of nitrogens with zero attached hydrogens (tertiary/aromatic N) is 3. The van der Waals surface area contributed by atoms with Gasteiger partial charge < -0.3 is 0 Å². The molecule has 0 N–H and O–H groups in total. The van der Waals surface area contributed by atoms with Crippen molar-refractivity contribution in [2.45, 2.75) is 25.7 Å². The van der Waals surface area contributed by atoms with Crippen molar-refractivity contribution in [1.29, 1.82) is 0 Å². The van der Waals surface area contributed by atoms with Crippen LogP contribution in [-0.2, 0) is 11.5 Å². The number of unbranched alkanes of at least 4 members (excludes halogenated alkanes) is 2. The molecule has 0 aliphatic carbocycles. The third-order valence-electron chi connectivity index (χ3n) is 2.86. The molecule has 0 spiro atoms. The van der Waals surface area contributed by atoms with Gasteiger partial charge in [0.15, 0.2) is 0 Å². The van der Waals surface area contributed by atoms with Crippen LogP contribution in [0.25, 0.3) is 0 Å². The fraction of sp³-hybridized carbons (Fsp3) is 0.455. The third-order valence-corrected chi connectivity index (χ3v) is 2.86. The van der Waals surface area contributed by atoms with Gasteiger partial charge in [-0.2, -0.15) is 0 Å². The number of hydrogen-bond acceptors (Lipinski definition) is 6. The van der Waals surface area contributed by atoms with Crippen molar-refractivity contribution in [2.75, 3.05) is 6.61 Å². The molecule has 0 bridgehead atoms. The molecule has 0 fully saturated rings. The molecule has 0 saturated carbocycles. The molecule has 1 rings (SSSR count). The van der Waals surface area contributed by atoms with E-state index in [0.717, 1.165) is 12.1 Å². The maximum Gasteiger partial charge on any atom is 0.286 e. The third kappa shape index (κ3) is 4.18. The molecule has 10 heteroatoms. The van der Waals surface area contributed by atoms with Crippen LogP contribution in [0.4, 0.5) is 17.1 Å². The average Bonchev–Trinajstić information content (AvgIpc) is 2.42. The lowest BCUT2D eigenvalue weighted by Crippen LogP contribution is -2.03. The minimum absolute atomic E-state index is 0.0185. The Balaban J connectivity index is 3.26. The second-order valence-electron chi connectivity index (χ2n) is 4.25. The lowest BCUT2D eigenvalue weighted by molar-refractivity contribution is -0.404. The van der Waals surface area contributed by atoms with Gasteiger partial charge in [0.05, 0.1) is 33.5 Å². The Morgan fingerprint density at radius 2 is 1.33 bits per heavy atom. The Morgan fingerprint density at radius 1 is 0.810 bits per heavy atom. The van der Waals surface area contributed by atoms with Crippen LogP contribution in [-0.4, -0.2) is 21.4 Å². The first-order chi connectivity index (χ1) is 9.88. The maximum atomic E-state index is 11.0. The molecular formula is C11H12N3O7. The van der Waals surface area contributed by atoms with E-state index >= 15 is 0 Å². The van der Waals surface area contributed by atoms with Crippen LogP contribution < -0.4 is 0 Å². The minimum Gasteiger partial charge on any atom is -0.258 e. The second-order valence-corrected chi connectivity index (χ2v) is 4.25. The van der Waals surface area contributed by atoms with Gasteiger partial charge in [-0.25, -0.2) is 5.11 Å². The predicted molar refractivity (Wildman–Crippen MR) is 69.5 cm³/mol. The fourth-order valence-electron chi connectivity index (χ4n) is 1.90. The summed E-state index contributed by atoms with van der Waals surface area (Å²) in [6.45, 7) is -0.287. The number of non-ortho nitro benzene ring substituents is 1. The fourth-order valence-corrected chi connectivity index (χ4v) is 1.90. The molecule has 10 nitrogen and oxygen atoms in total. The highest BCUT2D eigenvalue weighted by molar-refractivity contribution is 5.60. The largest absolute Gasteiger partial charge is 0.286 e. The zero-order valence-electron chi connectivity index (χ0n) is 10.9. The highest BCUT2D eigenvalue weighted by Gasteiger charge is 2.29. The van der Waals surface area contributed by atoms with Gasteiger partial charge in [0.2, 0.25) is 0 Å². The van der Waals surface area contributed by atoms with Crippen molar-refractivity contribution < 1.29 is 19.9 Å². The van der Waals surface area contributed by atoms with Gasteiger partial charge in [0.25, 0.3) is 17.1 Å². The van der Waals surface area contributed by atoms with Gasteiger partial charge in [-0.15, -0.1) is 0 Å². The van der Waals surface area contributed by atoms with E-state index in [1.807, 2.05) is 0 Å². The van der Waals surface area contributed by atoms with Crippen LogP contribution >= 0.6 is 0 Å². The summed E-state index contributed by atoms with van der Waals surface area (Å²) >= 11 is 0. The van der Waals surface area contributed by atoms with Crippen molar-refractivity contribution in [3.05, 3.63) is 48.0 Å². The molecular weight excluding hydrogens is 286 g/mol. The Morgan fingerprint density at radius 3 is 1.71 bits per heavy atom. The summed E-state index contributed by atoms with van der Waals surface area (Å²) in [7, 11) is 0. The number of nitro groups is 3. The van der Waals surface area contributed by atoms with E-state index in [1.165, 1.54) is 0 Å². The van der Waals surface area contributed by atoms with Crippen LogP contribution in [0.2, 0.25) is 0 Å². The molecule has 0 aliphatic rings. The van der Waals surface area contributed by atoms with Gasteiger partial charge in [-0.3, -0.25) is 30.3 Å². The van der Waals surface area contributed by atoms with Crippen molar-refractivity contribution in [3.63, 3.8) is 0 Å². The number of hydrogen-bond donors (Lipinski definition) is 0. The minimum atomic E-state index is -0.915. The molecule has 0 unspecified atom stereocenters. The van der Waals surface area contributed by atoms with E-state index in [9.17, 15) is 35.4 Å². The predicted octanol–water partition coefficient (Wildman–Crippen LogP) is 2.55. The Bertz CT molecular complexity index is 538. The van der Waals surface area contributed by atoms with Crippen LogP contribution in [0.3, 0.4) is 0 Å². The topological polar surface area (TPSA) is 149 Å². The molecule has 1 radical (unpaired) electrons. The Kier molecular flexibility index (Phi) is 5.67. The Hall–Kier alpha value is -2.62. The van der Waals surface area contributed by atoms with Gasteiger partial charge in [0, 0.05) is 0 Å². The van der Waals surface area contributed by atoms with Crippen LogP contribution in [0.15, 0.2) is 12.1 Å². The lowest BCUT2D eigenvalue weighted by Gasteiger charge is -2.04. The normalized spacial score (nSPS) is 10.3. The van der Waals surface area contributed by atoms with E-state index < -0.39 is 31.8 Å². The van der Waals surface area contributed by atoms with Crippen molar-refractivity contribution in [2.24, 2.45) is 0 Å². The smallest absolute Gasteiger partial charge is 0.258 e. The van der Waals surface area contributed by atoms with Gasteiger partial charge in [-0.05, 0) is 19.3 Å². The molecule has 0 heterocycles. The maximum absolute atomic E-state index is 11.0. The quantitative estimate of drug-likeness (QED) is 0.408. The van der Waals surface area contributed by atoms with E-state index in [2.05, 4.69) is 0 Å². The van der Waals surface area contributed by atoms with Crippen LogP contribution in [0.1, 0.15) is 24.8 Å². The molecule has 1 aromatic carbocycles. The molecule has 1 aromatic rings. The summed E-state index contributed by atoms with van der Waals surface area (Å²) in [5, 5.41) is 42.9. The highest BCUT2D eigenvalue weighted by Crippen LogP contribution is 2.34. The number of rotatable bonds is 8. The summed E-state index contributed by atoms with van der Waals surface area (Å²) in [6.07, 6.45) is 1.23. The van der Waals surface area contributed by atoms with E-state index in [1.54, 1.807) is 0 Å². The van der Waals surface area contributed by atoms with Crippen LogP contribution in [0, 0.1) is 30.3 Å². The zero-order chi connectivity index (χ0) is 16.0. The standard InChI is InChI=1S/C11H12N3O7/c15-5-3-1-2-4-9-10(13(18)19)6-8(12(16)17)7-11(9)14(20)21/h6-7H,1-5H2. The zero-order valence-corrected chi connectivity index (χ0v) is 10.9. The van der Waals surface area contributed by atoms with Crippen molar-refractivity contribution >= 4 is 17.1 Å². The summed E-state index contributed by atoms with van der Waals surface area (Å²) in [5.41, 5.74) is -2.13. The van der Waals surface area contributed by atoms with E-state index in [4.69, 9.17) is 0 Å². The van der Waals surface area contributed by atoms with Gasteiger partial charge in [-0.1, -0.05) is 6.42 Å². The summed E-state index contributed by atoms with van der Waals surface area (Å²) < 4.78 is 0. The first kappa shape index (κ1) is 16.4. The molecule has 21 heavy (non-hydrogen) atoms. The highest BCUT2D eigenvalue weighted by atomic mass is 16.6. The molecule has 113 valence electrons. The monoisotopic (exact) mass is 298 g/mol. The molecule has 0 amide bonds. The van der Waals surface area contributed by atoms with Crippen molar-refractivity contribution in [3.8, 4) is 0 Å². The summed E-state index contributed by atoms with van der Waals surface area (Å²) in [6, 6.07) is 1.44.